The maximum atomic E-state index is 13.8. The normalized spacial score (nSPS) is 17.1. The number of benzene rings is 2. The molecule has 4 rings (SSSR count). The third kappa shape index (κ3) is 4.82. The van der Waals surface area contributed by atoms with Crippen molar-refractivity contribution >= 4 is 46.1 Å². The van der Waals surface area contributed by atoms with Crippen molar-refractivity contribution in [3.05, 3.63) is 82.7 Å². The lowest BCUT2D eigenvalue weighted by Gasteiger charge is -2.43. The van der Waals surface area contributed by atoms with Gasteiger partial charge in [-0.1, -0.05) is 59.0 Å². The maximum absolute atomic E-state index is 13.8. The fourth-order valence-electron chi connectivity index (χ4n) is 4.20. The third-order valence-electron chi connectivity index (χ3n) is 6.16. The van der Waals surface area contributed by atoms with Gasteiger partial charge in [0, 0.05) is 22.7 Å². The Morgan fingerprint density at radius 3 is 2.60 bits per heavy atom. The summed E-state index contributed by atoms with van der Waals surface area (Å²) in [6.45, 7) is 6.05. The zero-order chi connectivity index (χ0) is 25.2. The molecule has 2 aromatic carbocycles. The topological polar surface area (TPSA) is 93.5 Å². The Kier molecular flexibility index (Phi) is 7.25. The molecule has 0 bridgehead atoms. The molecule has 0 saturated carbocycles. The van der Waals surface area contributed by atoms with Crippen LogP contribution in [0.2, 0.25) is 0 Å². The van der Waals surface area contributed by atoms with Crippen LogP contribution < -0.4 is 10.2 Å². The van der Waals surface area contributed by atoms with Crippen molar-refractivity contribution in [3.63, 3.8) is 0 Å². The van der Waals surface area contributed by atoms with E-state index in [4.69, 9.17) is 4.74 Å². The van der Waals surface area contributed by atoms with Gasteiger partial charge in [0.1, 0.15) is 11.2 Å². The summed E-state index contributed by atoms with van der Waals surface area (Å²) >= 11 is 2.28. The van der Waals surface area contributed by atoms with Gasteiger partial charge in [0.15, 0.2) is 5.69 Å². The van der Waals surface area contributed by atoms with E-state index in [0.29, 0.717) is 12.2 Å². The first kappa shape index (κ1) is 24.9. The predicted molar refractivity (Wildman–Crippen MR) is 141 cm³/mol. The standard InChI is InChI=1S/C26H27IN4O4/c1-4-35-24(33)21-13-22-23(32)31(20-11-10-17(2)19(12-20)14-27)26(3,16-30(22)29-21)25(34)28-15-18-8-6-5-7-9-18/h5-13H,4,14-16H2,1-3H3,(H,28,34). The molecule has 1 aliphatic heterocycles. The highest BCUT2D eigenvalue weighted by molar-refractivity contribution is 14.1. The van der Waals surface area contributed by atoms with Gasteiger partial charge in [0.05, 0.1) is 13.2 Å². The molecule has 1 N–H and O–H groups in total. The first-order valence-corrected chi connectivity index (χ1v) is 12.9. The van der Waals surface area contributed by atoms with Gasteiger partial charge in [0.25, 0.3) is 5.91 Å². The van der Waals surface area contributed by atoms with Crippen LogP contribution in [0.4, 0.5) is 5.69 Å². The summed E-state index contributed by atoms with van der Waals surface area (Å²) in [7, 11) is 0. The predicted octanol–water partition coefficient (Wildman–Crippen LogP) is 4.04. The van der Waals surface area contributed by atoms with E-state index in [0.717, 1.165) is 21.1 Å². The van der Waals surface area contributed by atoms with Crippen LogP contribution in [0.1, 0.15) is 51.5 Å². The van der Waals surface area contributed by atoms with Crippen molar-refractivity contribution in [2.75, 3.05) is 11.5 Å². The number of anilines is 1. The second kappa shape index (κ2) is 10.2. The van der Waals surface area contributed by atoms with Gasteiger partial charge < -0.3 is 10.1 Å². The summed E-state index contributed by atoms with van der Waals surface area (Å²) in [4.78, 5) is 41.3. The number of halogens is 1. The number of hydrogen-bond donors (Lipinski definition) is 1. The number of rotatable bonds is 7. The number of amides is 2. The average Bonchev–Trinajstić information content (AvgIpc) is 3.28. The SMILES string of the molecule is CCOC(=O)c1cc2n(n1)CC(C)(C(=O)NCc1ccccc1)N(c1ccc(C)c(CI)c1)C2=O. The maximum Gasteiger partial charge on any atom is 0.358 e. The van der Waals surface area contributed by atoms with Crippen LogP contribution in [0.3, 0.4) is 0 Å². The molecule has 8 nitrogen and oxygen atoms in total. The molecular formula is C26H27IN4O4. The monoisotopic (exact) mass is 586 g/mol. The molecule has 0 radical (unpaired) electrons. The van der Waals surface area contributed by atoms with Gasteiger partial charge in [-0.15, -0.1) is 0 Å². The van der Waals surface area contributed by atoms with E-state index in [1.54, 1.807) is 13.8 Å². The van der Waals surface area contributed by atoms with E-state index in [1.807, 2.05) is 55.5 Å². The van der Waals surface area contributed by atoms with Crippen LogP contribution in [0.25, 0.3) is 0 Å². The number of esters is 1. The van der Waals surface area contributed by atoms with Gasteiger partial charge in [-0.3, -0.25) is 19.2 Å². The Morgan fingerprint density at radius 1 is 1.17 bits per heavy atom. The molecule has 2 heterocycles. The largest absolute Gasteiger partial charge is 0.461 e. The summed E-state index contributed by atoms with van der Waals surface area (Å²) in [6.07, 6.45) is 0. The number of nitrogens with zero attached hydrogens (tertiary/aromatic N) is 3. The molecule has 35 heavy (non-hydrogen) atoms. The van der Waals surface area contributed by atoms with E-state index in [2.05, 4.69) is 33.0 Å². The minimum absolute atomic E-state index is 0.0425. The summed E-state index contributed by atoms with van der Waals surface area (Å²) < 4.78 is 7.26. The first-order chi connectivity index (χ1) is 16.8. The van der Waals surface area contributed by atoms with Crippen LogP contribution in [0.15, 0.2) is 54.6 Å². The average molecular weight is 586 g/mol. The molecule has 9 heteroatoms. The molecule has 2 amide bonds. The lowest BCUT2D eigenvalue weighted by Crippen LogP contribution is -2.64. The molecule has 1 unspecified atom stereocenters. The van der Waals surface area contributed by atoms with E-state index >= 15 is 0 Å². The molecule has 182 valence electrons. The molecule has 0 fully saturated rings. The van der Waals surface area contributed by atoms with Crippen LogP contribution in [-0.4, -0.2) is 39.7 Å². The summed E-state index contributed by atoms with van der Waals surface area (Å²) in [5, 5.41) is 7.29. The second-order valence-electron chi connectivity index (χ2n) is 8.62. The minimum atomic E-state index is -1.28. The first-order valence-electron chi connectivity index (χ1n) is 11.4. The van der Waals surface area contributed by atoms with Gasteiger partial charge >= 0.3 is 5.97 Å². The number of ether oxygens (including phenoxy) is 1. The molecular weight excluding hydrogens is 559 g/mol. The van der Waals surface area contributed by atoms with Crippen molar-refractivity contribution in [2.45, 2.75) is 43.8 Å². The van der Waals surface area contributed by atoms with Crippen molar-refractivity contribution in [1.82, 2.24) is 15.1 Å². The molecule has 0 spiro atoms. The van der Waals surface area contributed by atoms with Crippen LogP contribution in [0.5, 0.6) is 0 Å². The summed E-state index contributed by atoms with van der Waals surface area (Å²) in [5.41, 5.74) is 2.75. The number of fused-ring (bicyclic) bond motifs is 1. The molecule has 3 aromatic rings. The number of hydrogen-bond acceptors (Lipinski definition) is 5. The van der Waals surface area contributed by atoms with Crippen molar-refractivity contribution in [2.24, 2.45) is 0 Å². The molecule has 1 aliphatic rings. The smallest absolute Gasteiger partial charge is 0.358 e. The van der Waals surface area contributed by atoms with Gasteiger partial charge in [-0.05, 0) is 49.6 Å². The molecule has 0 aliphatic carbocycles. The lowest BCUT2D eigenvalue weighted by molar-refractivity contribution is -0.126. The van der Waals surface area contributed by atoms with E-state index in [1.165, 1.54) is 15.6 Å². The molecule has 1 atom stereocenters. The number of nitrogens with one attached hydrogen (secondary N) is 1. The summed E-state index contributed by atoms with van der Waals surface area (Å²) in [5.74, 6) is -1.32. The molecule has 0 saturated heterocycles. The highest BCUT2D eigenvalue weighted by Gasteiger charge is 2.49. The Bertz CT molecular complexity index is 1270. The van der Waals surface area contributed by atoms with Crippen LogP contribution in [0, 0.1) is 6.92 Å². The van der Waals surface area contributed by atoms with Gasteiger partial charge in [-0.25, -0.2) is 4.79 Å². The van der Waals surface area contributed by atoms with Crippen molar-refractivity contribution in [3.8, 4) is 0 Å². The lowest BCUT2D eigenvalue weighted by atomic mass is 9.93. The van der Waals surface area contributed by atoms with E-state index in [-0.39, 0.29) is 30.4 Å². The van der Waals surface area contributed by atoms with E-state index < -0.39 is 17.4 Å². The highest BCUT2D eigenvalue weighted by atomic mass is 127. The van der Waals surface area contributed by atoms with Gasteiger partial charge in [-0.2, -0.15) is 5.10 Å². The Balaban J connectivity index is 1.76. The fourth-order valence-corrected chi connectivity index (χ4v) is 5.02. The second-order valence-corrected chi connectivity index (χ2v) is 9.38. The number of alkyl halides is 1. The minimum Gasteiger partial charge on any atom is -0.461 e. The number of aryl methyl sites for hydroxylation is 1. The van der Waals surface area contributed by atoms with Gasteiger partial charge in [0.2, 0.25) is 5.91 Å². The number of carbonyl (C=O) groups is 3. The van der Waals surface area contributed by atoms with Crippen molar-refractivity contribution < 1.29 is 19.1 Å². The zero-order valence-electron chi connectivity index (χ0n) is 19.9. The Morgan fingerprint density at radius 2 is 1.91 bits per heavy atom. The summed E-state index contributed by atoms with van der Waals surface area (Å²) in [6, 6.07) is 16.8. The van der Waals surface area contributed by atoms with Crippen LogP contribution in [-0.2, 0) is 27.0 Å². The quantitative estimate of drug-likeness (QED) is 0.257. The fraction of sp³-hybridized carbons (Fsp3) is 0.308. The van der Waals surface area contributed by atoms with Crippen LogP contribution >= 0.6 is 22.6 Å². The number of carbonyl (C=O) groups excluding carboxylic acids is 3. The molecule has 1 aromatic heterocycles. The Hall–Kier alpha value is -3.21. The van der Waals surface area contributed by atoms with E-state index in [9.17, 15) is 14.4 Å². The third-order valence-corrected chi connectivity index (χ3v) is 6.98. The van der Waals surface area contributed by atoms with Crippen molar-refractivity contribution in [1.29, 1.82) is 0 Å². The highest BCUT2D eigenvalue weighted by Crippen LogP contribution is 2.34. The zero-order valence-corrected chi connectivity index (χ0v) is 22.0. The Labute approximate surface area is 217 Å². The number of aromatic nitrogens is 2.